The third-order valence-corrected chi connectivity index (χ3v) is 5.01. The van der Waals surface area contributed by atoms with Crippen LogP contribution in [0, 0.1) is 6.92 Å². The molecule has 0 radical (unpaired) electrons. The van der Waals surface area contributed by atoms with Gasteiger partial charge in [-0.2, -0.15) is 5.10 Å². The number of aryl methyl sites for hydroxylation is 1. The van der Waals surface area contributed by atoms with Crippen LogP contribution in [0.4, 0.5) is 0 Å². The van der Waals surface area contributed by atoms with E-state index in [0.717, 1.165) is 16.5 Å². The second kappa shape index (κ2) is 7.34. The van der Waals surface area contributed by atoms with Gasteiger partial charge >= 0.3 is 0 Å². The van der Waals surface area contributed by atoms with Crippen LogP contribution in [0.3, 0.4) is 0 Å². The van der Waals surface area contributed by atoms with Crippen molar-refractivity contribution in [2.24, 2.45) is 0 Å². The maximum absolute atomic E-state index is 6.34. The lowest BCUT2D eigenvalue weighted by molar-refractivity contribution is 0.477. The van der Waals surface area contributed by atoms with Crippen molar-refractivity contribution in [1.82, 2.24) is 15.1 Å². The normalized spacial score (nSPS) is 12.9. The van der Waals surface area contributed by atoms with Crippen molar-refractivity contribution in [3.8, 4) is 0 Å². The number of hydrogen-bond donors (Lipinski definition) is 1. The van der Waals surface area contributed by atoms with Gasteiger partial charge in [0, 0.05) is 16.7 Å². The highest BCUT2D eigenvalue weighted by molar-refractivity contribution is 7.99. The SMILES string of the molecule is CNC(CSc1ccccc1C)c1c(Cl)cnn1C(C)C. The monoisotopic (exact) mass is 323 g/mol. The number of nitrogens with one attached hydrogen (secondary N) is 1. The quantitative estimate of drug-likeness (QED) is 0.795. The molecule has 1 N–H and O–H groups in total. The van der Waals surface area contributed by atoms with E-state index in [0.29, 0.717) is 6.04 Å². The van der Waals surface area contributed by atoms with Crippen molar-refractivity contribution >= 4 is 23.4 Å². The van der Waals surface area contributed by atoms with Crippen LogP contribution in [-0.2, 0) is 0 Å². The molecule has 1 atom stereocenters. The van der Waals surface area contributed by atoms with Gasteiger partial charge in [0.1, 0.15) is 0 Å². The molecule has 0 amide bonds. The minimum atomic E-state index is 0.173. The van der Waals surface area contributed by atoms with E-state index >= 15 is 0 Å². The van der Waals surface area contributed by atoms with Crippen LogP contribution in [0.1, 0.15) is 37.2 Å². The van der Waals surface area contributed by atoms with Crippen LogP contribution in [-0.4, -0.2) is 22.6 Å². The molecule has 0 aliphatic carbocycles. The first-order chi connectivity index (χ1) is 10.0. The Kier molecular flexibility index (Phi) is 5.73. The molecule has 0 bridgehead atoms. The summed E-state index contributed by atoms with van der Waals surface area (Å²) < 4.78 is 2.00. The minimum Gasteiger partial charge on any atom is -0.311 e. The predicted octanol–water partition coefficient (Wildman–Crippen LogP) is 4.48. The fourth-order valence-electron chi connectivity index (χ4n) is 2.28. The summed E-state index contributed by atoms with van der Waals surface area (Å²) in [6, 6.07) is 8.92. The van der Waals surface area contributed by atoms with Gasteiger partial charge in [0.25, 0.3) is 0 Å². The highest BCUT2D eigenvalue weighted by Crippen LogP contribution is 2.31. The maximum Gasteiger partial charge on any atom is 0.0834 e. The van der Waals surface area contributed by atoms with Gasteiger partial charge in [0.15, 0.2) is 0 Å². The summed E-state index contributed by atoms with van der Waals surface area (Å²) in [4.78, 5) is 1.31. The van der Waals surface area contributed by atoms with Crippen molar-refractivity contribution in [3.63, 3.8) is 0 Å². The van der Waals surface area contributed by atoms with E-state index in [4.69, 9.17) is 11.6 Å². The van der Waals surface area contributed by atoms with E-state index in [9.17, 15) is 0 Å². The molecular formula is C16H22ClN3S. The number of hydrogen-bond acceptors (Lipinski definition) is 3. The summed E-state index contributed by atoms with van der Waals surface area (Å²) in [5.41, 5.74) is 2.37. The average molecular weight is 324 g/mol. The molecular weight excluding hydrogens is 302 g/mol. The zero-order chi connectivity index (χ0) is 15.4. The molecule has 2 rings (SSSR count). The lowest BCUT2D eigenvalue weighted by Gasteiger charge is -2.20. The molecule has 5 heteroatoms. The van der Waals surface area contributed by atoms with Crippen molar-refractivity contribution in [3.05, 3.63) is 46.7 Å². The van der Waals surface area contributed by atoms with E-state index in [1.807, 2.05) is 23.5 Å². The first-order valence-corrected chi connectivity index (χ1v) is 8.49. The topological polar surface area (TPSA) is 29.9 Å². The fourth-order valence-corrected chi connectivity index (χ4v) is 3.68. The number of benzene rings is 1. The Labute approximate surface area is 136 Å². The van der Waals surface area contributed by atoms with Crippen LogP contribution in [0.2, 0.25) is 5.02 Å². The minimum absolute atomic E-state index is 0.173. The summed E-state index contributed by atoms with van der Waals surface area (Å²) in [7, 11) is 1.97. The van der Waals surface area contributed by atoms with E-state index in [1.165, 1.54) is 10.5 Å². The Balaban J connectivity index is 2.17. The molecule has 1 aromatic heterocycles. The summed E-state index contributed by atoms with van der Waals surface area (Å²) in [6.07, 6.45) is 1.74. The van der Waals surface area contributed by atoms with Crippen molar-refractivity contribution in [2.75, 3.05) is 12.8 Å². The zero-order valence-electron chi connectivity index (χ0n) is 12.9. The van der Waals surface area contributed by atoms with Gasteiger partial charge in [-0.3, -0.25) is 4.68 Å². The Morgan fingerprint density at radius 2 is 2.05 bits per heavy atom. The lowest BCUT2D eigenvalue weighted by atomic mass is 10.2. The van der Waals surface area contributed by atoms with Gasteiger partial charge in [-0.1, -0.05) is 29.8 Å². The molecule has 0 aliphatic rings. The van der Waals surface area contributed by atoms with E-state index < -0.39 is 0 Å². The molecule has 21 heavy (non-hydrogen) atoms. The predicted molar refractivity (Wildman–Crippen MR) is 91.3 cm³/mol. The molecule has 0 spiro atoms. The zero-order valence-corrected chi connectivity index (χ0v) is 14.5. The van der Waals surface area contributed by atoms with Crippen molar-refractivity contribution in [2.45, 2.75) is 37.8 Å². The highest BCUT2D eigenvalue weighted by Gasteiger charge is 2.20. The van der Waals surface area contributed by atoms with E-state index in [-0.39, 0.29) is 6.04 Å². The molecule has 2 aromatic rings. The van der Waals surface area contributed by atoms with Crippen LogP contribution in [0.5, 0.6) is 0 Å². The first kappa shape index (κ1) is 16.4. The maximum atomic E-state index is 6.34. The van der Waals surface area contributed by atoms with Gasteiger partial charge in [-0.05, 0) is 39.4 Å². The molecule has 0 saturated carbocycles. The smallest absolute Gasteiger partial charge is 0.0834 e. The van der Waals surface area contributed by atoms with Gasteiger partial charge < -0.3 is 5.32 Å². The lowest BCUT2D eigenvalue weighted by Crippen LogP contribution is -2.23. The van der Waals surface area contributed by atoms with Crippen molar-refractivity contribution < 1.29 is 0 Å². The third kappa shape index (κ3) is 3.82. The Morgan fingerprint density at radius 3 is 2.67 bits per heavy atom. The number of rotatable bonds is 6. The van der Waals surface area contributed by atoms with Crippen LogP contribution < -0.4 is 5.32 Å². The summed E-state index contributed by atoms with van der Waals surface area (Å²) in [5.74, 6) is 0.916. The Hall–Kier alpha value is -0.970. The second-order valence-electron chi connectivity index (χ2n) is 5.33. The number of aromatic nitrogens is 2. The van der Waals surface area contributed by atoms with Gasteiger partial charge in [-0.15, -0.1) is 11.8 Å². The molecule has 1 unspecified atom stereocenters. The fraction of sp³-hybridized carbons (Fsp3) is 0.438. The number of halogens is 1. The first-order valence-electron chi connectivity index (χ1n) is 7.13. The second-order valence-corrected chi connectivity index (χ2v) is 6.80. The summed E-state index contributed by atoms with van der Waals surface area (Å²) >= 11 is 8.19. The number of nitrogens with zero attached hydrogens (tertiary/aromatic N) is 2. The molecule has 3 nitrogen and oxygen atoms in total. The van der Waals surface area contributed by atoms with Gasteiger partial charge in [0.2, 0.25) is 0 Å². The van der Waals surface area contributed by atoms with Crippen LogP contribution in [0.15, 0.2) is 35.4 Å². The number of thioether (sulfide) groups is 1. The Bertz CT molecular complexity index is 595. The molecule has 0 aliphatic heterocycles. The third-order valence-electron chi connectivity index (χ3n) is 3.45. The van der Waals surface area contributed by atoms with Gasteiger partial charge in [-0.25, -0.2) is 0 Å². The molecule has 0 saturated heterocycles. The summed E-state index contributed by atoms with van der Waals surface area (Å²) in [6.45, 7) is 6.38. The molecule has 1 heterocycles. The van der Waals surface area contributed by atoms with E-state index in [2.05, 4.69) is 55.5 Å². The van der Waals surface area contributed by atoms with Crippen molar-refractivity contribution in [1.29, 1.82) is 0 Å². The molecule has 1 aromatic carbocycles. The van der Waals surface area contributed by atoms with Crippen LogP contribution in [0.25, 0.3) is 0 Å². The largest absolute Gasteiger partial charge is 0.311 e. The standard InChI is InChI=1S/C16H22ClN3S/c1-11(2)20-16(13(17)9-19-20)14(18-4)10-21-15-8-6-5-7-12(15)3/h5-9,11,14,18H,10H2,1-4H3. The summed E-state index contributed by atoms with van der Waals surface area (Å²) in [5, 5.41) is 8.49. The van der Waals surface area contributed by atoms with Crippen LogP contribution >= 0.6 is 23.4 Å². The Morgan fingerprint density at radius 1 is 1.33 bits per heavy atom. The molecule has 0 fully saturated rings. The molecule has 114 valence electrons. The van der Waals surface area contributed by atoms with Gasteiger partial charge in [0.05, 0.1) is 23.0 Å². The van der Waals surface area contributed by atoms with E-state index in [1.54, 1.807) is 6.20 Å². The average Bonchev–Trinajstić information content (AvgIpc) is 2.84. The highest BCUT2D eigenvalue weighted by atomic mass is 35.5.